The maximum Gasteiger partial charge on any atom is 0.313 e. The Labute approximate surface area is 124 Å². The van der Waals surface area contributed by atoms with Crippen LogP contribution in [0.4, 0.5) is 5.69 Å². The number of anilines is 1. The van der Waals surface area contributed by atoms with E-state index in [9.17, 15) is 14.7 Å². The van der Waals surface area contributed by atoms with Gasteiger partial charge in [0.05, 0.1) is 11.5 Å². The standard InChI is InChI=1S/C16H21NO4/c1-10-4-9-13(21-10)14(18)17-12-7-5-11(6-8-12)16(2,3)15(19)20/h5-8,10,13H,4,9H2,1-3H3,(H,17,18)(H,19,20). The van der Waals surface area contributed by atoms with Gasteiger partial charge in [-0.15, -0.1) is 0 Å². The number of hydrogen-bond donors (Lipinski definition) is 2. The number of ether oxygens (including phenoxy) is 1. The summed E-state index contributed by atoms with van der Waals surface area (Å²) in [5, 5.41) is 12.0. The lowest BCUT2D eigenvalue weighted by Gasteiger charge is -2.20. The second-order valence-electron chi connectivity index (χ2n) is 6.01. The van der Waals surface area contributed by atoms with Crippen molar-refractivity contribution >= 4 is 17.6 Å². The Morgan fingerprint density at radius 2 is 1.86 bits per heavy atom. The number of benzene rings is 1. The normalized spacial score (nSPS) is 22.0. The number of hydrogen-bond acceptors (Lipinski definition) is 3. The number of carbonyl (C=O) groups is 2. The predicted molar refractivity (Wildman–Crippen MR) is 79.3 cm³/mol. The van der Waals surface area contributed by atoms with Crippen LogP contribution in [0.5, 0.6) is 0 Å². The molecule has 1 aromatic rings. The first-order chi connectivity index (χ1) is 9.80. The Balaban J connectivity index is 2.03. The first-order valence-electron chi connectivity index (χ1n) is 7.11. The third-order valence-electron chi connectivity index (χ3n) is 3.93. The van der Waals surface area contributed by atoms with Crippen molar-refractivity contribution in [3.05, 3.63) is 29.8 Å². The van der Waals surface area contributed by atoms with Crippen molar-refractivity contribution in [3.63, 3.8) is 0 Å². The van der Waals surface area contributed by atoms with Crippen molar-refractivity contribution in [1.29, 1.82) is 0 Å². The predicted octanol–water partition coefficient (Wildman–Crippen LogP) is 2.55. The minimum absolute atomic E-state index is 0.125. The van der Waals surface area contributed by atoms with Crippen LogP contribution in [0, 0.1) is 0 Å². The first kappa shape index (κ1) is 15.5. The first-order valence-corrected chi connectivity index (χ1v) is 7.11. The third-order valence-corrected chi connectivity index (χ3v) is 3.93. The minimum atomic E-state index is -0.952. The van der Waals surface area contributed by atoms with Gasteiger partial charge in [-0.1, -0.05) is 12.1 Å². The van der Waals surface area contributed by atoms with E-state index in [4.69, 9.17) is 4.74 Å². The molecule has 2 N–H and O–H groups in total. The zero-order valence-corrected chi connectivity index (χ0v) is 12.6. The van der Waals surface area contributed by atoms with Crippen molar-refractivity contribution in [2.24, 2.45) is 0 Å². The summed E-state index contributed by atoms with van der Waals surface area (Å²) < 4.78 is 5.51. The van der Waals surface area contributed by atoms with Gasteiger partial charge in [-0.2, -0.15) is 0 Å². The summed E-state index contributed by atoms with van der Waals surface area (Å²) in [6, 6.07) is 6.89. The molecule has 2 atom stereocenters. The van der Waals surface area contributed by atoms with Gasteiger partial charge < -0.3 is 15.2 Å². The molecule has 1 aromatic carbocycles. The van der Waals surface area contributed by atoms with E-state index in [2.05, 4.69) is 5.32 Å². The average Bonchev–Trinajstić information content (AvgIpc) is 2.86. The highest BCUT2D eigenvalue weighted by Gasteiger charge is 2.30. The molecule has 0 saturated carbocycles. The summed E-state index contributed by atoms with van der Waals surface area (Å²) in [6.07, 6.45) is 1.36. The summed E-state index contributed by atoms with van der Waals surface area (Å²) >= 11 is 0. The molecule has 1 aliphatic rings. The maximum atomic E-state index is 12.0. The molecule has 0 aliphatic carbocycles. The van der Waals surface area contributed by atoms with Gasteiger partial charge in [0, 0.05) is 5.69 Å². The van der Waals surface area contributed by atoms with Crippen LogP contribution in [0.2, 0.25) is 0 Å². The molecule has 114 valence electrons. The van der Waals surface area contributed by atoms with Crippen LogP contribution < -0.4 is 5.32 Å². The highest BCUT2D eigenvalue weighted by Crippen LogP contribution is 2.25. The van der Waals surface area contributed by atoms with Crippen LogP contribution in [0.15, 0.2) is 24.3 Å². The van der Waals surface area contributed by atoms with E-state index in [1.165, 1.54) is 0 Å². The molecule has 0 radical (unpaired) electrons. The topological polar surface area (TPSA) is 75.6 Å². The van der Waals surface area contributed by atoms with Gasteiger partial charge in [-0.05, 0) is 51.3 Å². The number of carboxylic acids is 1. The molecule has 0 spiro atoms. The van der Waals surface area contributed by atoms with E-state index < -0.39 is 17.5 Å². The molecule has 2 unspecified atom stereocenters. The smallest absolute Gasteiger partial charge is 0.313 e. The number of rotatable bonds is 4. The molecule has 0 bridgehead atoms. The summed E-state index contributed by atoms with van der Waals surface area (Å²) in [5.41, 5.74) is 0.388. The Kier molecular flexibility index (Phi) is 4.32. The summed E-state index contributed by atoms with van der Waals surface area (Å²) in [5.74, 6) is -1.03. The molecule has 1 aliphatic heterocycles. The molecule has 0 aromatic heterocycles. The SMILES string of the molecule is CC1CCC(C(=O)Nc2ccc(C(C)(C)C(=O)O)cc2)O1. The molecule has 5 nitrogen and oxygen atoms in total. The fourth-order valence-electron chi connectivity index (χ4n) is 2.31. The van der Waals surface area contributed by atoms with Gasteiger partial charge >= 0.3 is 5.97 Å². The van der Waals surface area contributed by atoms with Gasteiger partial charge in [0.2, 0.25) is 0 Å². The average molecular weight is 291 g/mol. The van der Waals surface area contributed by atoms with E-state index in [0.29, 0.717) is 11.3 Å². The van der Waals surface area contributed by atoms with E-state index in [1.807, 2.05) is 6.92 Å². The Morgan fingerprint density at radius 3 is 2.33 bits per heavy atom. The molecule has 1 saturated heterocycles. The Morgan fingerprint density at radius 1 is 1.24 bits per heavy atom. The van der Waals surface area contributed by atoms with E-state index in [-0.39, 0.29) is 12.0 Å². The van der Waals surface area contributed by atoms with E-state index in [0.717, 1.165) is 12.8 Å². The summed E-state index contributed by atoms with van der Waals surface area (Å²) in [7, 11) is 0. The number of aliphatic carboxylic acids is 1. The van der Waals surface area contributed by atoms with Crippen LogP contribution in [0.25, 0.3) is 0 Å². The van der Waals surface area contributed by atoms with Crippen molar-refractivity contribution in [3.8, 4) is 0 Å². The van der Waals surface area contributed by atoms with Crippen LogP contribution in [-0.2, 0) is 19.7 Å². The van der Waals surface area contributed by atoms with Crippen molar-refractivity contribution in [2.45, 2.75) is 51.2 Å². The molecule has 1 fully saturated rings. The molecule has 1 amide bonds. The second-order valence-corrected chi connectivity index (χ2v) is 6.01. The van der Waals surface area contributed by atoms with Crippen molar-refractivity contribution in [2.75, 3.05) is 5.32 Å². The number of nitrogens with one attached hydrogen (secondary N) is 1. The largest absolute Gasteiger partial charge is 0.481 e. The van der Waals surface area contributed by atoms with Gasteiger partial charge in [-0.25, -0.2) is 0 Å². The molecule has 21 heavy (non-hydrogen) atoms. The number of amides is 1. The van der Waals surface area contributed by atoms with Crippen LogP contribution in [-0.4, -0.2) is 29.2 Å². The van der Waals surface area contributed by atoms with E-state index in [1.54, 1.807) is 38.1 Å². The highest BCUT2D eigenvalue weighted by atomic mass is 16.5. The molecular weight excluding hydrogens is 270 g/mol. The van der Waals surface area contributed by atoms with Crippen LogP contribution in [0.3, 0.4) is 0 Å². The van der Waals surface area contributed by atoms with Gasteiger partial charge in [0.1, 0.15) is 6.10 Å². The van der Waals surface area contributed by atoms with Gasteiger partial charge in [0.25, 0.3) is 5.91 Å². The molecular formula is C16H21NO4. The van der Waals surface area contributed by atoms with Crippen LogP contribution >= 0.6 is 0 Å². The Bertz CT molecular complexity index is 536. The minimum Gasteiger partial charge on any atom is -0.481 e. The lowest BCUT2D eigenvalue weighted by atomic mass is 9.85. The van der Waals surface area contributed by atoms with Crippen LogP contribution in [0.1, 0.15) is 39.2 Å². The summed E-state index contributed by atoms with van der Waals surface area (Å²) in [6.45, 7) is 5.25. The zero-order chi connectivity index (χ0) is 15.6. The lowest BCUT2D eigenvalue weighted by Crippen LogP contribution is -2.29. The zero-order valence-electron chi connectivity index (χ0n) is 12.6. The highest BCUT2D eigenvalue weighted by molar-refractivity contribution is 5.94. The maximum absolute atomic E-state index is 12.0. The fourth-order valence-corrected chi connectivity index (χ4v) is 2.31. The second kappa shape index (κ2) is 5.85. The molecule has 5 heteroatoms. The fraction of sp³-hybridized carbons (Fsp3) is 0.500. The number of carbonyl (C=O) groups excluding carboxylic acids is 1. The molecule has 1 heterocycles. The monoisotopic (exact) mass is 291 g/mol. The quantitative estimate of drug-likeness (QED) is 0.894. The van der Waals surface area contributed by atoms with Gasteiger partial charge in [-0.3, -0.25) is 9.59 Å². The van der Waals surface area contributed by atoms with Gasteiger partial charge in [0.15, 0.2) is 0 Å². The molecule has 2 rings (SSSR count). The lowest BCUT2D eigenvalue weighted by molar-refractivity contribution is -0.142. The summed E-state index contributed by atoms with van der Waals surface area (Å²) in [4.78, 5) is 23.2. The number of carboxylic acid groups (broad SMARTS) is 1. The third kappa shape index (κ3) is 3.42. The van der Waals surface area contributed by atoms with E-state index >= 15 is 0 Å². The van der Waals surface area contributed by atoms with Crippen molar-refractivity contribution < 1.29 is 19.4 Å². The van der Waals surface area contributed by atoms with Crippen molar-refractivity contribution in [1.82, 2.24) is 0 Å². The Hall–Kier alpha value is -1.88.